The molecule has 1 atom stereocenters. The summed E-state index contributed by atoms with van der Waals surface area (Å²) in [5.74, 6) is 3.46. The topological polar surface area (TPSA) is 61.2 Å². The molecule has 5 rings (SSSR count). The number of aromatic nitrogens is 3. The average molecular weight is 400 g/mol. The van der Waals surface area contributed by atoms with E-state index in [1.165, 1.54) is 12.8 Å². The van der Waals surface area contributed by atoms with Crippen LogP contribution in [0, 0.1) is 5.92 Å². The number of nitrogens with one attached hydrogen (secondary N) is 1. The van der Waals surface area contributed by atoms with Gasteiger partial charge in [-0.15, -0.1) is 0 Å². The fourth-order valence-electron chi connectivity index (χ4n) is 3.90. The Morgan fingerprint density at radius 3 is 2.43 bits per heavy atom. The van der Waals surface area contributed by atoms with Crippen LogP contribution in [0.25, 0.3) is 11.0 Å². The quantitative estimate of drug-likeness (QED) is 0.493. The maximum atomic E-state index is 6.14. The predicted octanol–water partition coefficient (Wildman–Crippen LogP) is 5.02. The van der Waals surface area contributed by atoms with E-state index in [2.05, 4.69) is 26.0 Å². The van der Waals surface area contributed by atoms with Crippen LogP contribution in [0.5, 0.6) is 23.1 Å². The zero-order valence-electron chi connectivity index (χ0n) is 16.7. The highest BCUT2D eigenvalue weighted by Crippen LogP contribution is 2.30. The predicted molar refractivity (Wildman–Crippen MR) is 116 cm³/mol. The molecule has 0 bridgehead atoms. The van der Waals surface area contributed by atoms with Gasteiger partial charge in [-0.1, -0.05) is 18.2 Å². The monoisotopic (exact) mass is 400 g/mol. The summed E-state index contributed by atoms with van der Waals surface area (Å²) in [6.07, 6.45) is 6.09. The van der Waals surface area contributed by atoms with Gasteiger partial charge in [-0.3, -0.25) is 0 Å². The number of ether oxygens (including phenoxy) is 2. The number of piperidine rings is 1. The number of benzene rings is 2. The SMILES string of the molecule is c1ccc(Oc2ccc(Oc3ncnc4ccn(CC5CCCNC5)c34)cc2)cc1. The number of para-hydroxylation sites is 1. The summed E-state index contributed by atoms with van der Waals surface area (Å²) in [4.78, 5) is 8.83. The van der Waals surface area contributed by atoms with E-state index in [0.717, 1.165) is 42.2 Å². The molecule has 1 N–H and O–H groups in total. The van der Waals surface area contributed by atoms with Gasteiger partial charge >= 0.3 is 0 Å². The van der Waals surface area contributed by atoms with Crippen molar-refractivity contribution in [2.24, 2.45) is 5.92 Å². The second-order valence-corrected chi connectivity index (χ2v) is 7.58. The summed E-state index contributed by atoms with van der Waals surface area (Å²) in [6.45, 7) is 3.10. The van der Waals surface area contributed by atoms with Gasteiger partial charge in [0.15, 0.2) is 0 Å². The Labute approximate surface area is 175 Å². The first-order valence-electron chi connectivity index (χ1n) is 10.4. The van der Waals surface area contributed by atoms with Crippen LogP contribution >= 0.6 is 0 Å². The molecule has 1 aliphatic rings. The summed E-state index contributed by atoms with van der Waals surface area (Å²) in [5, 5.41) is 3.48. The molecule has 2 aromatic carbocycles. The van der Waals surface area contributed by atoms with Crippen molar-refractivity contribution in [3.63, 3.8) is 0 Å². The van der Waals surface area contributed by atoms with Crippen molar-refractivity contribution in [2.45, 2.75) is 19.4 Å². The Kier molecular flexibility index (Phi) is 5.31. The van der Waals surface area contributed by atoms with Crippen LogP contribution in [0.3, 0.4) is 0 Å². The number of nitrogens with zero attached hydrogens (tertiary/aromatic N) is 3. The first-order valence-corrected chi connectivity index (χ1v) is 10.4. The molecule has 4 aromatic rings. The van der Waals surface area contributed by atoms with Crippen molar-refractivity contribution in [2.75, 3.05) is 13.1 Å². The van der Waals surface area contributed by atoms with E-state index in [4.69, 9.17) is 9.47 Å². The van der Waals surface area contributed by atoms with Gasteiger partial charge in [-0.2, -0.15) is 4.98 Å². The van der Waals surface area contributed by atoms with E-state index >= 15 is 0 Å². The molecule has 1 saturated heterocycles. The molecule has 0 aliphatic carbocycles. The molecule has 1 aliphatic heterocycles. The van der Waals surface area contributed by atoms with Gasteiger partial charge in [0.2, 0.25) is 5.88 Å². The van der Waals surface area contributed by atoms with Crippen LogP contribution in [0.15, 0.2) is 73.2 Å². The second-order valence-electron chi connectivity index (χ2n) is 7.58. The molecule has 6 nitrogen and oxygen atoms in total. The third kappa shape index (κ3) is 4.14. The Hall–Kier alpha value is -3.38. The minimum atomic E-state index is 0.575. The summed E-state index contributed by atoms with van der Waals surface area (Å²) in [5.41, 5.74) is 1.83. The zero-order valence-corrected chi connectivity index (χ0v) is 16.7. The maximum absolute atomic E-state index is 6.14. The lowest BCUT2D eigenvalue weighted by Crippen LogP contribution is -2.32. The lowest BCUT2D eigenvalue weighted by atomic mass is 10.00. The lowest BCUT2D eigenvalue weighted by molar-refractivity contribution is 0.339. The molecule has 0 saturated carbocycles. The summed E-state index contributed by atoms with van der Waals surface area (Å²) < 4.78 is 14.2. The second kappa shape index (κ2) is 8.55. The highest BCUT2D eigenvalue weighted by molar-refractivity contribution is 5.80. The van der Waals surface area contributed by atoms with E-state index in [1.807, 2.05) is 60.7 Å². The molecule has 0 amide bonds. The van der Waals surface area contributed by atoms with E-state index < -0.39 is 0 Å². The first-order chi connectivity index (χ1) is 14.8. The van der Waals surface area contributed by atoms with E-state index in [0.29, 0.717) is 17.5 Å². The van der Waals surface area contributed by atoms with Crippen LogP contribution in [0.1, 0.15) is 12.8 Å². The summed E-state index contributed by atoms with van der Waals surface area (Å²) in [7, 11) is 0. The standard InChI is InChI=1S/C24H24N4O2/c1-2-6-19(7-3-1)29-20-8-10-21(11-9-20)30-24-23-22(26-17-27-24)12-14-28(23)16-18-5-4-13-25-15-18/h1-3,6-12,14,17-18,25H,4-5,13,15-16H2. The molecule has 0 radical (unpaired) electrons. The van der Waals surface area contributed by atoms with E-state index in [9.17, 15) is 0 Å². The Morgan fingerprint density at radius 2 is 1.67 bits per heavy atom. The van der Waals surface area contributed by atoms with Crippen LogP contribution in [0.2, 0.25) is 0 Å². The molecule has 2 aromatic heterocycles. The van der Waals surface area contributed by atoms with Gasteiger partial charge in [0.25, 0.3) is 0 Å². The fraction of sp³-hybridized carbons (Fsp3) is 0.250. The third-order valence-electron chi connectivity index (χ3n) is 5.39. The first kappa shape index (κ1) is 18.6. The minimum absolute atomic E-state index is 0.575. The minimum Gasteiger partial charge on any atom is -0.457 e. The van der Waals surface area contributed by atoms with E-state index in [-0.39, 0.29) is 0 Å². The molecule has 1 fully saturated rings. The molecule has 152 valence electrons. The number of hydrogen-bond donors (Lipinski definition) is 1. The van der Waals surface area contributed by atoms with Crippen molar-refractivity contribution in [1.82, 2.24) is 19.9 Å². The van der Waals surface area contributed by atoms with Gasteiger partial charge in [0.05, 0.1) is 5.52 Å². The highest BCUT2D eigenvalue weighted by Gasteiger charge is 2.17. The summed E-state index contributed by atoms with van der Waals surface area (Å²) in [6, 6.07) is 19.3. The molecule has 1 unspecified atom stereocenters. The summed E-state index contributed by atoms with van der Waals surface area (Å²) >= 11 is 0. The highest BCUT2D eigenvalue weighted by atomic mass is 16.5. The van der Waals surface area contributed by atoms with Gasteiger partial charge in [-0.25, -0.2) is 4.98 Å². The molecule has 6 heteroatoms. The van der Waals surface area contributed by atoms with Crippen LogP contribution < -0.4 is 14.8 Å². The Balaban J connectivity index is 1.35. The van der Waals surface area contributed by atoms with Gasteiger partial charge in [0.1, 0.15) is 29.1 Å². The molecule has 3 heterocycles. The molecule has 0 spiro atoms. The van der Waals surface area contributed by atoms with E-state index in [1.54, 1.807) is 6.33 Å². The average Bonchev–Trinajstić information content (AvgIpc) is 3.20. The largest absolute Gasteiger partial charge is 0.457 e. The third-order valence-corrected chi connectivity index (χ3v) is 5.39. The molecular formula is C24H24N4O2. The number of fused-ring (bicyclic) bond motifs is 1. The van der Waals surface area contributed by atoms with Crippen molar-refractivity contribution < 1.29 is 9.47 Å². The number of rotatable bonds is 6. The maximum Gasteiger partial charge on any atom is 0.247 e. The smallest absolute Gasteiger partial charge is 0.247 e. The Morgan fingerprint density at radius 1 is 0.900 bits per heavy atom. The molecule has 30 heavy (non-hydrogen) atoms. The lowest BCUT2D eigenvalue weighted by Gasteiger charge is -2.23. The fourth-order valence-corrected chi connectivity index (χ4v) is 3.90. The molecular weight excluding hydrogens is 376 g/mol. The Bertz CT molecular complexity index is 1100. The van der Waals surface area contributed by atoms with Crippen molar-refractivity contribution >= 4 is 11.0 Å². The van der Waals surface area contributed by atoms with Crippen molar-refractivity contribution in [3.05, 3.63) is 73.2 Å². The normalized spacial score (nSPS) is 16.5. The number of hydrogen-bond acceptors (Lipinski definition) is 5. The van der Waals surface area contributed by atoms with Crippen LogP contribution in [0.4, 0.5) is 0 Å². The van der Waals surface area contributed by atoms with Crippen molar-refractivity contribution in [3.8, 4) is 23.1 Å². The van der Waals surface area contributed by atoms with Gasteiger partial charge in [0, 0.05) is 12.7 Å². The van der Waals surface area contributed by atoms with Gasteiger partial charge < -0.3 is 19.4 Å². The zero-order chi connectivity index (χ0) is 20.2. The van der Waals surface area contributed by atoms with Crippen molar-refractivity contribution in [1.29, 1.82) is 0 Å². The van der Waals surface area contributed by atoms with Gasteiger partial charge in [-0.05, 0) is 74.3 Å². The van der Waals surface area contributed by atoms with Crippen LogP contribution in [-0.2, 0) is 6.54 Å². The van der Waals surface area contributed by atoms with Crippen LogP contribution in [-0.4, -0.2) is 27.6 Å².